The van der Waals surface area contributed by atoms with Gasteiger partial charge in [0.1, 0.15) is 12.0 Å². The molecule has 0 aliphatic rings. The van der Waals surface area contributed by atoms with Crippen LogP contribution in [0.4, 0.5) is 11.5 Å². The Kier molecular flexibility index (Phi) is 5.08. The quantitative estimate of drug-likeness (QED) is 0.576. The Morgan fingerprint density at radius 1 is 1.08 bits per heavy atom. The first-order valence-corrected chi connectivity index (χ1v) is 7.56. The Labute approximate surface area is 149 Å². The molecule has 1 aromatic carbocycles. The Balaban J connectivity index is 1.74. The average molecular weight is 352 g/mol. The van der Waals surface area contributed by atoms with Gasteiger partial charge in [-0.15, -0.1) is 0 Å². The first-order chi connectivity index (χ1) is 12.7. The number of anilines is 2. The summed E-state index contributed by atoms with van der Waals surface area (Å²) >= 11 is 0. The third kappa shape index (κ3) is 3.78. The molecule has 0 radical (unpaired) electrons. The number of nitrogen functional groups attached to an aromatic ring is 1. The van der Waals surface area contributed by atoms with Gasteiger partial charge in [0.25, 0.3) is 5.91 Å². The number of ether oxygens (including phenoxy) is 2. The molecule has 0 fully saturated rings. The lowest BCUT2D eigenvalue weighted by Gasteiger charge is -2.13. The molecule has 2 heterocycles. The maximum absolute atomic E-state index is 12.1. The van der Waals surface area contributed by atoms with Gasteiger partial charge in [0.15, 0.2) is 17.3 Å². The molecule has 9 nitrogen and oxygen atoms in total. The fraction of sp³-hybridized carbons (Fsp3) is 0.0588. The van der Waals surface area contributed by atoms with Crippen LogP contribution in [0.3, 0.4) is 0 Å². The number of hydrogen-bond acceptors (Lipinski definition) is 8. The minimum Gasteiger partial charge on any atom is -0.493 e. The smallest absolute Gasteiger partial charge is 0.269 e. The molecule has 26 heavy (non-hydrogen) atoms. The van der Waals surface area contributed by atoms with Gasteiger partial charge < -0.3 is 15.2 Å². The van der Waals surface area contributed by atoms with Crippen molar-refractivity contribution in [2.45, 2.75) is 0 Å². The van der Waals surface area contributed by atoms with E-state index in [1.54, 1.807) is 30.3 Å². The Hall–Kier alpha value is -3.88. The molecule has 2 aromatic heterocycles. The molecule has 0 bridgehead atoms. The number of amides is 1. The van der Waals surface area contributed by atoms with Gasteiger partial charge in [0.2, 0.25) is 5.88 Å². The Morgan fingerprint density at radius 3 is 2.54 bits per heavy atom. The van der Waals surface area contributed by atoms with E-state index < -0.39 is 0 Å². The normalized spacial score (nSPS) is 10.0. The number of nitrogens with zero attached hydrogens (tertiary/aromatic N) is 3. The lowest BCUT2D eigenvalue weighted by atomic mass is 10.3. The molecule has 132 valence electrons. The number of benzene rings is 1. The highest BCUT2D eigenvalue weighted by Crippen LogP contribution is 2.34. The fourth-order valence-electron chi connectivity index (χ4n) is 2.06. The summed E-state index contributed by atoms with van der Waals surface area (Å²) in [7, 11) is 1.53. The van der Waals surface area contributed by atoms with E-state index in [-0.39, 0.29) is 23.3 Å². The van der Waals surface area contributed by atoms with Crippen molar-refractivity contribution in [2.75, 3.05) is 18.3 Å². The van der Waals surface area contributed by atoms with Crippen LogP contribution < -0.4 is 26.1 Å². The van der Waals surface area contributed by atoms with Crippen LogP contribution in [0.25, 0.3) is 0 Å². The second-order valence-corrected chi connectivity index (χ2v) is 5.01. The second-order valence-electron chi connectivity index (χ2n) is 5.01. The lowest BCUT2D eigenvalue weighted by molar-refractivity contribution is 0.0962. The summed E-state index contributed by atoms with van der Waals surface area (Å²) in [5.41, 5.74) is 11.8. The molecule has 0 spiro atoms. The molecule has 0 aliphatic heterocycles. The number of nitrogens with two attached hydrogens (primary N) is 1. The third-order valence-corrected chi connectivity index (χ3v) is 3.36. The second kappa shape index (κ2) is 7.79. The summed E-state index contributed by atoms with van der Waals surface area (Å²) in [6.07, 6.45) is 4.31. The van der Waals surface area contributed by atoms with E-state index in [4.69, 9.17) is 15.2 Å². The van der Waals surface area contributed by atoms with Crippen LogP contribution in [-0.4, -0.2) is 28.0 Å². The summed E-state index contributed by atoms with van der Waals surface area (Å²) in [4.78, 5) is 23.9. The first kappa shape index (κ1) is 17.0. The van der Waals surface area contributed by atoms with Crippen molar-refractivity contribution in [2.24, 2.45) is 0 Å². The zero-order valence-electron chi connectivity index (χ0n) is 13.8. The maximum Gasteiger partial charge on any atom is 0.269 e. The fourth-order valence-corrected chi connectivity index (χ4v) is 2.06. The van der Waals surface area contributed by atoms with E-state index in [0.29, 0.717) is 17.1 Å². The van der Waals surface area contributed by atoms with Gasteiger partial charge in [-0.2, -0.15) is 4.98 Å². The van der Waals surface area contributed by atoms with Gasteiger partial charge in [0, 0.05) is 18.0 Å². The van der Waals surface area contributed by atoms with Crippen LogP contribution in [0.5, 0.6) is 17.4 Å². The van der Waals surface area contributed by atoms with Crippen molar-refractivity contribution in [1.82, 2.24) is 20.4 Å². The minimum atomic E-state index is -0.363. The largest absolute Gasteiger partial charge is 0.493 e. The monoisotopic (exact) mass is 352 g/mol. The molecule has 9 heteroatoms. The number of carbonyl (C=O) groups excluding carboxylic acids is 1. The number of rotatable bonds is 6. The number of hydrogen-bond donors (Lipinski definition) is 3. The standard InChI is InChI=1S/C17H16N6O3/c1-25-12-4-2-3-5-13(12)26-17-14(18)15(20-10-21-17)22-23-16(24)11-6-8-19-9-7-11/h2-10H,18H2,1H3,(H,23,24)(H,20,21,22). The van der Waals surface area contributed by atoms with Gasteiger partial charge in [-0.25, -0.2) is 4.98 Å². The van der Waals surface area contributed by atoms with Gasteiger partial charge in [-0.05, 0) is 24.3 Å². The van der Waals surface area contributed by atoms with E-state index >= 15 is 0 Å². The summed E-state index contributed by atoms with van der Waals surface area (Å²) in [6, 6.07) is 10.2. The maximum atomic E-state index is 12.1. The number of pyridine rings is 1. The number of methoxy groups -OCH3 is 1. The number of aromatic nitrogens is 3. The van der Waals surface area contributed by atoms with E-state index in [1.165, 1.54) is 25.8 Å². The van der Waals surface area contributed by atoms with Crippen molar-refractivity contribution in [3.63, 3.8) is 0 Å². The predicted molar refractivity (Wildman–Crippen MR) is 94.8 cm³/mol. The highest BCUT2D eigenvalue weighted by molar-refractivity contribution is 5.94. The van der Waals surface area contributed by atoms with Crippen LogP contribution in [0.1, 0.15) is 10.4 Å². The molecule has 0 atom stereocenters. The summed E-state index contributed by atoms with van der Waals surface area (Å²) in [5.74, 6) is 0.952. The molecular formula is C17H16N6O3. The van der Waals surface area contributed by atoms with Crippen molar-refractivity contribution in [3.05, 3.63) is 60.7 Å². The number of hydrazine groups is 1. The predicted octanol–water partition coefficient (Wildman–Crippen LogP) is 2.01. The van der Waals surface area contributed by atoms with Crippen LogP contribution in [-0.2, 0) is 0 Å². The van der Waals surface area contributed by atoms with Crippen molar-refractivity contribution in [1.29, 1.82) is 0 Å². The zero-order chi connectivity index (χ0) is 18.4. The van der Waals surface area contributed by atoms with E-state index in [2.05, 4.69) is 25.8 Å². The molecule has 0 unspecified atom stereocenters. The van der Waals surface area contributed by atoms with Crippen LogP contribution in [0, 0.1) is 0 Å². The lowest BCUT2D eigenvalue weighted by Crippen LogP contribution is -2.30. The van der Waals surface area contributed by atoms with Crippen LogP contribution >= 0.6 is 0 Å². The average Bonchev–Trinajstić information content (AvgIpc) is 2.69. The van der Waals surface area contributed by atoms with E-state index in [1.807, 2.05) is 6.07 Å². The molecule has 0 aliphatic carbocycles. The molecule has 3 rings (SSSR count). The summed E-state index contributed by atoms with van der Waals surface area (Å²) < 4.78 is 10.9. The highest BCUT2D eigenvalue weighted by atomic mass is 16.5. The topological polar surface area (TPSA) is 124 Å². The summed E-state index contributed by atoms with van der Waals surface area (Å²) in [6.45, 7) is 0. The van der Waals surface area contributed by atoms with Gasteiger partial charge >= 0.3 is 0 Å². The number of carbonyl (C=O) groups is 1. The number of para-hydroxylation sites is 2. The van der Waals surface area contributed by atoms with Crippen molar-refractivity contribution < 1.29 is 14.3 Å². The molecule has 4 N–H and O–H groups in total. The zero-order valence-corrected chi connectivity index (χ0v) is 13.8. The summed E-state index contributed by atoms with van der Waals surface area (Å²) in [5, 5.41) is 0. The SMILES string of the molecule is COc1ccccc1Oc1ncnc(NNC(=O)c2ccncc2)c1N. The molecule has 1 amide bonds. The molecule has 3 aromatic rings. The van der Waals surface area contributed by atoms with Gasteiger partial charge in [-0.1, -0.05) is 12.1 Å². The third-order valence-electron chi connectivity index (χ3n) is 3.36. The highest BCUT2D eigenvalue weighted by Gasteiger charge is 2.13. The van der Waals surface area contributed by atoms with Crippen molar-refractivity contribution in [3.8, 4) is 17.4 Å². The van der Waals surface area contributed by atoms with Crippen LogP contribution in [0.2, 0.25) is 0 Å². The van der Waals surface area contributed by atoms with Gasteiger partial charge in [-0.3, -0.25) is 20.6 Å². The Bertz CT molecular complexity index is 904. The molecule has 0 saturated carbocycles. The van der Waals surface area contributed by atoms with Gasteiger partial charge in [0.05, 0.1) is 7.11 Å². The first-order valence-electron chi connectivity index (χ1n) is 7.56. The van der Waals surface area contributed by atoms with Crippen LogP contribution in [0.15, 0.2) is 55.1 Å². The molecular weight excluding hydrogens is 336 g/mol. The van der Waals surface area contributed by atoms with E-state index in [0.717, 1.165) is 0 Å². The number of nitrogens with one attached hydrogen (secondary N) is 2. The minimum absolute atomic E-state index is 0.130. The Morgan fingerprint density at radius 2 is 1.81 bits per heavy atom. The van der Waals surface area contributed by atoms with E-state index in [9.17, 15) is 4.79 Å². The molecule has 0 saturated heterocycles. The van der Waals surface area contributed by atoms with Crippen molar-refractivity contribution >= 4 is 17.4 Å².